The largest absolute Gasteiger partial charge is 0.480 e. The van der Waals surface area contributed by atoms with Crippen molar-refractivity contribution in [3.8, 4) is 0 Å². The number of amides is 2. The van der Waals surface area contributed by atoms with Gasteiger partial charge in [0.15, 0.2) is 0 Å². The van der Waals surface area contributed by atoms with E-state index < -0.39 is 18.0 Å². The van der Waals surface area contributed by atoms with E-state index in [1.165, 1.54) is 0 Å². The average molecular weight is 343 g/mol. The predicted octanol–water partition coefficient (Wildman–Crippen LogP) is 2.92. The van der Waals surface area contributed by atoms with Crippen LogP contribution in [-0.2, 0) is 4.79 Å². The first-order chi connectivity index (χ1) is 9.31. The highest BCUT2D eigenvalue weighted by Gasteiger charge is 2.23. The lowest BCUT2D eigenvalue weighted by Gasteiger charge is -2.20. The van der Waals surface area contributed by atoms with Crippen molar-refractivity contribution in [1.82, 2.24) is 10.6 Å². The van der Waals surface area contributed by atoms with Gasteiger partial charge in [-0.15, -0.1) is 0 Å². The van der Waals surface area contributed by atoms with Gasteiger partial charge in [0, 0.05) is 4.47 Å². The van der Waals surface area contributed by atoms with E-state index in [1.807, 2.05) is 31.2 Å². The molecule has 0 saturated heterocycles. The topological polar surface area (TPSA) is 78.4 Å². The number of hydrogen-bond donors (Lipinski definition) is 3. The molecule has 1 aromatic carbocycles. The van der Waals surface area contributed by atoms with Gasteiger partial charge in [-0.3, -0.25) is 0 Å². The Morgan fingerprint density at radius 2 is 1.85 bits per heavy atom. The maximum atomic E-state index is 11.8. The number of carboxylic acids is 1. The van der Waals surface area contributed by atoms with Crippen molar-refractivity contribution in [2.75, 3.05) is 0 Å². The minimum absolute atomic E-state index is 0.181. The number of benzene rings is 1. The zero-order chi connectivity index (χ0) is 15.3. The molecular formula is C14H19BrN2O3. The molecule has 0 heterocycles. The second kappa shape index (κ2) is 7.28. The summed E-state index contributed by atoms with van der Waals surface area (Å²) in [7, 11) is 0. The molecule has 3 N–H and O–H groups in total. The van der Waals surface area contributed by atoms with E-state index in [2.05, 4.69) is 26.6 Å². The van der Waals surface area contributed by atoms with Crippen LogP contribution in [0.1, 0.15) is 32.4 Å². The highest BCUT2D eigenvalue weighted by molar-refractivity contribution is 9.10. The van der Waals surface area contributed by atoms with Gasteiger partial charge in [0.2, 0.25) is 0 Å². The molecule has 2 atom stereocenters. The van der Waals surface area contributed by atoms with Crippen molar-refractivity contribution in [3.63, 3.8) is 0 Å². The third-order valence-electron chi connectivity index (χ3n) is 2.92. The van der Waals surface area contributed by atoms with E-state index in [0.717, 1.165) is 10.0 Å². The summed E-state index contributed by atoms with van der Waals surface area (Å²) in [6, 6.07) is 5.98. The number of carbonyl (C=O) groups is 2. The van der Waals surface area contributed by atoms with Crippen LogP contribution in [0, 0.1) is 5.92 Å². The summed E-state index contributed by atoms with van der Waals surface area (Å²) in [6.45, 7) is 5.33. The van der Waals surface area contributed by atoms with E-state index in [9.17, 15) is 9.59 Å². The molecule has 6 heteroatoms. The van der Waals surface area contributed by atoms with Crippen molar-refractivity contribution in [2.24, 2.45) is 5.92 Å². The second-order valence-electron chi connectivity index (χ2n) is 4.95. The first kappa shape index (κ1) is 16.5. The highest BCUT2D eigenvalue weighted by Crippen LogP contribution is 2.17. The fraction of sp³-hybridized carbons (Fsp3) is 0.429. The Balaban J connectivity index is 2.64. The van der Waals surface area contributed by atoms with Crippen molar-refractivity contribution >= 4 is 27.9 Å². The number of carbonyl (C=O) groups excluding carboxylic acids is 1. The van der Waals surface area contributed by atoms with Crippen LogP contribution >= 0.6 is 15.9 Å². The minimum atomic E-state index is -1.04. The molecule has 0 aliphatic carbocycles. The van der Waals surface area contributed by atoms with E-state index in [1.54, 1.807) is 13.8 Å². The number of nitrogens with one attached hydrogen (secondary N) is 2. The quantitative estimate of drug-likeness (QED) is 0.769. The maximum absolute atomic E-state index is 11.8. The number of urea groups is 1. The number of halogens is 1. The fourth-order valence-electron chi connectivity index (χ4n) is 1.75. The Kier molecular flexibility index (Phi) is 6.01. The first-order valence-corrected chi connectivity index (χ1v) is 7.16. The van der Waals surface area contributed by atoms with Crippen molar-refractivity contribution in [3.05, 3.63) is 34.3 Å². The molecule has 0 aliphatic rings. The van der Waals surface area contributed by atoms with Crippen LogP contribution < -0.4 is 10.6 Å². The Morgan fingerprint density at radius 1 is 1.20 bits per heavy atom. The monoisotopic (exact) mass is 342 g/mol. The third kappa shape index (κ3) is 4.85. The Bertz CT molecular complexity index is 491. The summed E-state index contributed by atoms with van der Waals surface area (Å²) in [6.07, 6.45) is 0. The van der Waals surface area contributed by atoms with Crippen LogP contribution in [0.25, 0.3) is 0 Å². The molecule has 0 aromatic heterocycles. The lowest BCUT2D eigenvalue weighted by molar-refractivity contribution is -0.140. The Morgan fingerprint density at radius 3 is 2.35 bits per heavy atom. The second-order valence-corrected chi connectivity index (χ2v) is 5.87. The smallest absolute Gasteiger partial charge is 0.326 e. The van der Waals surface area contributed by atoms with Gasteiger partial charge < -0.3 is 15.7 Å². The standard InChI is InChI=1S/C14H19BrN2O3/c1-8(2)12(13(18)19)17-14(20)16-9(3)10-5-4-6-11(15)7-10/h4-9,12H,1-3H3,(H,18,19)(H2,16,17,20)/t9?,12-/m1/s1. The van der Waals surface area contributed by atoms with Crippen LogP contribution in [0.4, 0.5) is 4.79 Å². The molecule has 0 bridgehead atoms. The van der Waals surface area contributed by atoms with Crippen molar-refractivity contribution in [2.45, 2.75) is 32.9 Å². The summed E-state index contributed by atoms with van der Waals surface area (Å²) in [5.74, 6) is -1.22. The van der Waals surface area contributed by atoms with Crippen LogP contribution in [-0.4, -0.2) is 23.1 Å². The summed E-state index contributed by atoms with van der Waals surface area (Å²) < 4.78 is 0.926. The van der Waals surface area contributed by atoms with E-state index in [0.29, 0.717) is 0 Å². The fourth-order valence-corrected chi connectivity index (χ4v) is 2.17. The number of rotatable bonds is 5. The molecule has 0 spiro atoms. The van der Waals surface area contributed by atoms with Gasteiger partial charge in [0.1, 0.15) is 6.04 Å². The number of hydrogen-bond acceptors (Lipinski definition) is 2. The van der Waals surface area contributed by atoms with Gasteiger partial charge in [-0.2, -0.15) is 0 Å². The van der Waals surface area contributed by atoms with Crippen LogP contribution in [0.3, 0.4) is 0 Å². The van der Waals surface area contributed by atoms with Crippen LogP contribution in [0.15, 0.2) is 28.7 Å². The molecule has 2 amide bonds. The number of aliphatic carboxylic acids is 1. The van der Waals surface area contributed by atoms with Gasteiger partial charge >= 0.3 is 12.0 Å². The van der Waals surface area contributed by atoms with E-state index in [-0.39, 0.29) is 12.0 Å². The van der Waals surface area contributed by atoms with Gasteiger partial charge in [-0.1, -0.05) is 41.9 Å². The Labute approximate surface area is 126 Å². The van der Waals surface area contributed by atoms with Crippen molar-refractivity contribution in [1.29, 1.82) is 0 Å². The maximum Gasteiger partial charge on any atom is 0.326 e. The molecule has 110 valence electrons. The predicted molar refractivity (Wildman–Crippen MR) is 80.5 cm³/mol. The molecule has 0 aliphatic heterocycles. The summed E-state index contributed by atoms with van der Waals surface area (Å²) >= 11 is 3.37. The molecule has 0 fully saturated rings. The average Bonchev–Trinajstić information content (AvgIpc) is 2.35. The van der Waals surface area contributed by atoms with Crippen LogP contribution in [0.5, 0.6) is 0 Å². The van der Waals surface area contributed by atoms with Gasteiger partial charge in [-0.05, 0) is 30.5 Å². The van der Waals surface area contributed by atoms with Gasteiger partial charge in [0.05, 0.1) is 6.04 Å². The summed E-state index contributed by atoms with van der Waals surface area (Å²) in [5.41, 5.74) is 0.936. The van der Waals surface area contributed by atoms with Gasteiger partial charge in [-0.25, -0.2) is 9.59 Å². The zero-order valence-corrected chi connectivity index (χ0v) is 13.3. The molecule has 0 radical (unpaired) electrons. The highest BCUT2D eigenvalue weighted by atomic mass is 79.9. The Hall–Kier alpha value is -1.56. The molecular weight excluding hydrogens is 324 g/mol. The zero-order valence-electron chi connectivity index (χ0n) is 11.7. The van der Waals surface area contributed by atoms with Crippen LogP contribution in [0.2, 0.25) is 0 Å². The molecule has 1 rings (SSSR count). The normalized spacial score (nSPS) is 13.7. The lowest BCUT2D eigenvalue weighted by Crippen LogP contribution is -2.49. The molecule has 5 nitrogen and oxygen atoms in total. The van der Waals surface area contributed by atoms with Crippen molar-refractivity contribution < 1.29 is 14.7 Å². The SMILES string of the molecule is CC(NC(=O)N[C@@H](C(=O)O)C(C)C)c1cccc(Br)c1. The minimum Gasteiger partial charge on any atom is -0.480 e. The molecule has 0 saturated carbocycles. The lowest BCUT2D eigenvalue weighted by atomic mass is 10.1. The third-order valence-corrected chi connectivity index (χ3v) is 3.41. The van der Waals surface area contributed by atoms with E-state index >= 15 is 0 Å². The van der Waals surface area contributed by atoms with Gasteiger partial charge in [0.25, 0.3) is 0 Å². The summed E-state index contributed by atoms with van der Waals surface area (Å²) in [4.78, 5) is 22.9. The van der Waals surface area contributed by atoms with E-state index in [4.69, 9.17) is 5.11 Å². The first-order valence-electron chi connectivity index (χ1n) is 6.36. The molecule has 20 heavy (non-hydrogen) atoms. The number of carboxylic acid groups (broad SMARTS) is 1. The molecule has 1 unspecified atom stereocenters. The summed E-state index contributed by atoms with van der Waals surface area (Å²) in [5, 5.41) is 14.2. The molecule has 1 aromatic rings.